The molecule has 7 nitrogen and oxygen atoms in total. The van der Waals surface area contributed by atoms with Crippen molar-refractivity contribution in [2.45, 2.75) is 26.2 Å². The summed E-state index contributed by atoms with van der Waals surface area (Å²) in [7, 11) is 1.78. The maximum Gasteiger partial charge on any atom is 0.253 e. The minimum Gasteiger partial charge on any atom is -0.338 e. The molecule has 168 valence electrons. The first-order valence-electron chi connectivity index (χ1n) is 11.4. The fourth-order valence-electron chi connectivity index (χ4n) is 4.59. The largest absolute Gasteiger partial charge is 0.338 e. The Morgan fingerprint density at radius 2 is 1.91 bits per heavy atom. The third-order valence-corrected chi connectivity index (χ3v) is 6.43. The van der Waals surface area contributed by atoms with Crippen LogP contribution in [0.1, 0.15) is 35.7 Å². The van der Waals surface area contributed by atoms with Gasteiger partial charge in [0.1, 0.15) is 0 Å². The predicted octanol–water partition coefficient (Wildman–Crippen LogP) is 4.28. The van der Waals surface area contributed by atoms with Crippen LogP contribution in [0.15, 0.2) is 54.7 Å². The fraction of sp³-hybridized carbons (Fsp3) is 0.308. The lowest BCUT2D eigenvalue weighted by Gasteiger charge is -2.31. The van der Waals surface area contributed by atoms with Crippen LogP contribution in [0.25, 0.3) is 11.3 Å². The molecule has 3 aromatic rings. The Balaban J connectivity index is 1.38. The summed E-state index contributed by atoms with van der Waals surface area (Å²) in [5.41, 5.74) is 4.79. The first kappa shape index (κ1) is 21.1. The normalized spacial score (nSPS) is 17.8. The van der Waals surface area contributed by atoms with Crippen LogP contribution in [0.2, 0.25) is 0 Å². The first-order valence-corrected chi connectivity index (χ1v) is 11.4. The van der Waals surface area contributed by atoms with Gasteiger partial charge in [0.05, 0.1) is 17.8 Å². The van der Waals surface area contributed by atoms with Crippen LogP contribution in [0.4, 0.5) is 17.3 Å². The van der Waals surface area contributed by atoms with E-state index in [0.29, 0.717) is 17.4 Å². The molecule has 33 heavy (non-hydrogen) atoms. The second-order valence-electron chi connectivity index (χ2n) is 8.92. The van der Waals surface area contributed by atoms with Gasteiger partial charge in [0.15, 0.2) is 0 Å². The number of carbonyl (C=O) groups is 2. The van der Waals surface area contributed by atoms with Gasteiger partial charge in [-0.05, 0) is 49.1 Å². The van der Waals surface area contributed by atoms with Crippen molar-refractivity contribution >= 4 is 29.1 Å². The highest BCUT2D eigenvalue weighted by Gasteiger charge is 2.25. The Kier molecular flexibility index (Phi) is 5.54. The number of hydrogen-bond acceptors (Lipinski definition) is 5. The highest BCUT2D eigenvalue weighted by Crippen LogP contribution is 2.35. The maximum atomic E-state index is 12.8. The Morgan fingerprint density at radius 1 is 1.12 bits per heavy atom. The molecule has 1 saturated heterocycles. The predicted molar refractivity (Wildman–Crippen MR) is 129 cm³/mol. The molecule has 1 atom stereocenters. The molecule has 2 amide bonds. The zero-order valence-corrected chi connectivity index (χ0v) is 18.9. The summed E-state index contributed by atoms with van der Waals surface area (Å²) in [6, 6.07) is 15.2. The molecule has 1 unspecified atom stereocenters. The third-order valence-electron chi connectivity index (χ3n) is 6.43. The van der Waals surface area contributed by atoms with Crippen LogP contribution in [0, 0.1) is 5.92 Å². The second-order valence-corrected chi connectivity index (χ2v) is 8.92. The summed E-state index contributed by atoms with van der Waals surface area (Å²) < 4.78 is 0. The van der Waals surface area contributed by atoms with Gasteiger partial charge in [-0.25, -0.2) is 9.97 Å². The number of nitrogens with one attached hydrogen (secondary N) is 1. The Hall–Kier alpha value is -3.74. The molecule has 0 saturated carbocycles. The molecular weight excluding hydrogens is 414 g/mol. The average Bonchev–Trinajstić information content (AvgIpc) is 2.94. The van der Waals surface area contributed by atoms with E-state index in [1.54, 1.807) is 18.1 Å². The van der Waals surface area contributed by atoms with Gasteiger partial charge < -0.3 is 15.1 Å². The van der Waals surface area contributed by atoms with Crippen molar-refractivity contribution in [2.24, 2.45) is 5.92 Å². The van der Waals surface area contributed by atoms with Crippen LogP contribution in [-0.2, 0) is 11.2 Å². The molecule has 1 aromatic heterocycles. The smallest absolute Gasteiger partial charge is 0.253 e. The van der Waals surface area contributed by atoms with Gasteiger partial charge in [-0.3, -0.25) is 9.59 Å². The standard InChI is InChI=1S/C26H27N5O2/c1-17-6-5-13-31(16-17)25(33)18-9-11-20(12-10-18)28-26-27-15-19-14-23(32)30(2)22-8-4-3-7-21(22)24(19)29-26/h3-4,7-12,15,17H,5-6,13-14,16H2,1-2H3,(H,27,28,29). The lowest BCUT2D eigenvalue weighted by Crippen LogP contribution is -2.39. The Morgan fingerprint density at radius 3 is 2.70 bits per heavy atom. The minimum atomic E-state index is 0.00821. The number of likely N-dealkylation sites (N-methyl/N-ethyl adjacent to an activating group) is 1. The van der Waals surface area contributed by atoms with E-state index in [9.17, 15) is 9.59 Å². The number of aromatic nitrogens is 2. The molecule has 1 N–H and O–H groups in total. The Labute approximate surface area is 193 Å². The number of piperidine rings is 1. The van der Waals surface area contributed by atoms with Gasteiger partial charge in [0.25, 0.3) is 5.91 Å². The van der Waals surface area contributed by atoms with Gasteiger partial charge in [0.2, 0.25) is 11.9 Å². The van der Waals surface area contributed by atoms with E-state index in [2.05, 4.69) is 17.2 Å². The summed E-state index contributed by atoms with van der Waals surface area (Å²) in [6.07, 6.45) is 4.22. The quantitative estimate of drug-likeness (QED) is 0.656. The SMILES string of the molecule is CC1CCCN(C(=O)c2ccc(Nc3ncc4c(n3)-c3ccccc3N(C)C(=O)C4)cc2)C1. The summed E-state index contributed by atoms with van der Waals surface area (Å²) in [6.45, 7) is 3.84. The molecule has 0 spiro atoms. The van der Waals surface area contributed by atoms with Crippen molar-refractivity contribution < 1.29 is 9.59 Å². The number of benzene rings is 2. The van der Waals surface area contributed by atoms with E-state index in [4.69, 9.17) is 4.98 Å². The molecule has 2 aliphatic rings. The number of para-hydroxylation sites is 1. The van der Waals surface area contributed by atoms with Crippen molar-refractivity contribution in [3.05, 3.63) is 65.9 Å². The molecule has 5 rings (SSSR count). The van der Waals surface area contributed by atoms with E-state index in [1.807, 2.05) is 53.4 Å². The van der Waals surface area contributed by atoms with Gasteiger partial charge in [-0.15, -0.1) is 0 Å². The topological polar surface area (TPSA) is 78.4 Å². The third kappa shape index (κ3) is 4.18. The fourth-order valence-corrected chi connectivity index (χ4v) is 4.59. The van der Waals surface area contributed by atoms with Crippen molar-refractivity contribution in [3.63, 3.8) is 0 Å². The molecule has 0 aliphatic carbocycles. The van der Waals surface area contributed by atoms with E-state index in [-0.39, 0.29) is 18.2 Å². The summed E-state index contributed by atoms with van der Waals surface area (Å²) in [5, 5.41) is 3.23. The molecule has 2 aliphatic heterocycles. The number of likely N-dealkylation sites (tertiary alicyclic amines) is 1. The van der Waals surface area contributed by atoms with Crippen molar-refractivity contribution in [1.82, 2.24) is 14.9 Å². The van der Waals surface area contributed by atoms with E-state index in [0.717, 1.165) is 47.7 Å². The summed E-state index contributed by atoms with van der Waals surface area (Å²) in [5.74, 6) is 1.09. The number of amides is 2. The van der Waals surface area contributed by atoms with Crippen LogP contribution in [0.3, 0.4) is 0 Å². The zero-order valence-electron chi connectivity index (χ0n) is 18.9. The lowest BCUT2D eigenvalue weighted by atomic mass is 9.99. The van der Waals surface area contributed by atoms with Gasteiger partial charge in [-0.1, -0.05) is 25.1 Å². The molecule has 2 aromatic carbocycles. The van der Waals surface area contributed by atoms with Crippen LogP contribution < -0.4 is 10.2 Å². The van der Waals surface area contributed by atoms with Gasteiger partial charge >= 0.3 is 0 Å². The number of rotatable bonds is 3. The molecule has 7 heteroatoms. The molecule has 1 fully saturated rings. The minimum absolute atomic E-state index is 0.00821. The van der Waals surface area contributed by atoms with Crippen LogP contribution >= 0.6 is 0 Å². The first-order chi connectivity index (χ1) is 16.0. The number of fused-ring (bicyclic) bond motifs is 3. The molecule has 0 bridgehead atoms. The van der Waals surface area contributed by atoms with Gasteiger partial charge in [0, 0.05) is 48.7 Å². The number of hydrogen-bond donors (Lipinski definition) is 1. The highest BCUT2D eigenvalue weighted by atomic mass is 16.2. The molecule has 0 radical (unpaired) electrons. The van der Waals surface area contributed by atoms with Gasteiger partial charge in [-0.2, -0.15) is 0 Å². The van der Waals surface area contributed by atoms with Crippen molar-refractivity contribution in [2.75, 3.05) is 30.4 Å². The van der Waals surface area contributed by atoms with E-state index >= 15 is 0 Å². The monoisotopic (exact) mass is 441 g/mol. The number of anilines is 3. The van der Waals surface area contributed by atoms with Crippen LogP contribution in [0.5, 0.6) is 0 Å². The Bertz CT molecular complexity index is 1210. The average molecular weight is 442 g/mol. The van der Waals surface area contributed by atoms with E-state index < -0.39 is 0 Å². The van der Waals surface area contributed by atoms with Crippen molar-refractivity contribution in [1.29, 1.82) is 0 Å². The zero-order chi connectivity index (χ0) is 22.9. The summed E-state index contributed by atoms with van der Waals surface area (Å²) >= 11 is 0. The van der Waals surface area contributed by atoms with E-state index in [1.165, 1.54) is 6.42 Å². The number of carbonyl (C=O) groups excluding carboxylic acids is 2. The number of nitrogens with zero attached hydrogens (tertiary/aromatic N) is 4. The summed E-state index contributed by atoms with van der Waals surface area (Å²) in [4.78, 5) is 38.2. The van der Waals surface area contributed by atoms with Crippen LogP contribution in [-0.4, -0.2) is 46.8 Å². The maximum absolute atomic E-state index is 12.8. The second kappa shape index (κ2) is 8.65. The lowest BCUT2D eigenvalue weighted by molar-refractivity contribution is -0.117. The highest BCUT2D eigenvalue weighted by molar-refractivity contribution is 6.01. The van der Waals surface area contributed by atoms with Crippen molar-refractivity contribution in [3.8, 4) is 11.3 Å². The molecule has 3 heterocycles. The molecular formula is C26H27N5O2.